The van der Waals surface area contributed by atoms with Gasteiger partial charge in [-0.1, -0.05) is 79.9 Å². The molecule has 7 nitrogen and oxygen atoms in total. The number of amides is 2. The Morgan fingerprint density at radius 1 is 0.923 bits per heavy atom. The minimum absolute atomic E-state index is 0.0633. The van der Waals surface area contributed by atoms with Crippen LogP contribution < -0.4 is 9.62 Å². The van der Waals surface area contributed by atoms with Crippen LogP contribution in [0.5, 0.6) is 0 Å². The minimum Gasteiger partial charge on any atom is -0.352 e. The summed E-state index contributed by atoms with van der Waals surface area (Å²) >= 11 is 6.07. The first-order valence-corrected chi connectivity index (χ1v) is 15.1. The molecule has 2 amide bonds. The Balaban J connectivity index is 1.68. The first-order valence-electron chi connectivity index (χ1n) is 13.3. The monoisotopic (exact) mass is 567 g/mol. The summed E-state index contributed by atoms with van der Waals surface area (Å²) in [4.78, 5) is 29.0. The lowest BCUT2D eigenvalue weighted by Gasteiger charge is -2.33. The van der Waals surface area contributed by atoms with Gasteiger partial charge in [0.2, 0.25) is 11.8 Å². The summed E-state index contributed by atoms with van der Waals surface area (Å²) < 4.78 is 28.6. The molecule has 0 spiro atoms. The molecule has 39 heavy (non-hydrogen) atoms. The van der Waals surface area contributed by atoms with Crippen molar-refractivity contribution >= 4 is 39.1 Å². The highest BCUT2D eigenvalue weighted by molar-refractivity contribution is 7.92. The van der Waals surface area contributed by atoms with Gasteiger partial charge in [0.15, 0.2) is 0 Å². The van der Waals surface area contributed by atoms with Crippen LogP contribution in [0.4, 0.5) is 5.69 Å². The quantitative estimate of drug-likeness (QED) is 0.336. The number of halogens is 1. The van der Waals surface area contributed by atoms with E-state index in [0.717, 1.165) is 35.6 Å². The molecule has 9 heteroatoms. The molecular formula is C30H34ClN3O4S. The number of benzene rings is 3. The fraction of sp³-hybridized carbons (Fsp3) is 0.333. The molecule has 0 heterocycles. The molecule has 0 radical (unpaired) electrons. The molecule has 0 unspecified atom stereocenters. The van der Waals surface area contributed by atoms with Crippen molar-refractivity contribution in [1.82, 2.24) is 10.2 Å². The molecule has 0 aromatic heterocycles. The van der Waals surface area contributed by atoms with Crippen LogP contribution in [-0.4, -0.2) is 43.8 Å². The number of rotatable bonds is 11. The van der Waals surface area contributed by atoms with Crippen LogP contribution in [0.15, 0.2) is 89.8 Å². The topological polar surface area (TPSA) is 86.8 Å². The van der Waals surface area contributed by atoms with Crippen LogP contribution in [0.1, 0.15) is 44.6 Å². The zero-order valence-corrected chi connectivity index (χ0v) is 23.6. The molecule has 1 aliphatic rings. The van der Waals surface area contributed by atoms with E-state index in [9.17, 15) is 18.0 Å². The molecule has 1 N–H and O–H groups in total. The first kappa shape index (κ1) is 28.6. The van der Waals surface area contributed by atoms with Crippen LogP contribution in [0.2, 0.25) is 5.02 Å². The molecule has 1 saturated carbocycles. The standard InChI is InChI=1S/C30H34ClN3O4S/c1-2-28(30(36)32-25-13-9-10-14-25)33(21-23-11-5-3-6-12-23)29(35)22-34(26-19-17-24(31)18-20-26)39(37,38)27-15-7-4-8-16-27/h3-8,11-12,15-20,25,28H,2,9-10,13-14,21-22H2,1H3,(H,32,36)/t28-/m1/s1. The van der Waals surface area contributed by atoms with E-state index in [1.165, 1.54) is 17.0 Å². The zero-order valence-electron chi connectivity index (χ0n) is 22.0. The maximum Gasteiger partial charge on any atom is 0.264 e. The van der Waals surface area contributed by atoms with Crippen LogP contribution in [0, 0.1) is 0 Å². The van der Waals surface area contributed by atoms with Crippen molar-refractivity contribution in [2.24, 2.45) is 0 Å². The van der Waals surface area contributed by atoms with E-state index in [2.05, 4.69) is 5.32 Å². The van der Waals surface area contributed by atoms with E-state index in [-0.39, 0.29) is 23.4 Å². The lowest BCUT2D eigenvalue weighted by atomic mass is 10.1. The summed E-state index contributed by atoms with van der Waals surface area (Å²) in [7, 11) is -4.10. The highest BCUT2D eigenvalue weighted by atomic mass is 35.5. The van der Waals surface area contributed by atoms with Gasteiger partial charge < -0.3 is 10.2 Å². The Hall–Kier alpha value is -3.36. The predicted molar refractivity (Wildman–Crippen MR) is 154 cm³/mol. The van der Waals surface area contributed by atoms with Crippen LogP contribution in [-0.2, 0) is 26.2 Å². The van der Waals surface area contributed by atoms with Crippen molar-refractivity contribution in [2.75, 3.05) is 10.8 Å². The molecule has 3 aromatic rings. The van der Waals surface area contributed by atoms with Crippen molar-refractivity contribution in [3.8, 4) is 0 Å². The van der Waals surface area contributed by atoms with Crippen molar-refractivity contribution < 1.29 is 18.0 Å². The Bertz CT molecular complexity index is 1350. The number of hydrogen-bond acceptors (Lipinski definition) is 4. The van der Waals surface area contributed by atoms with Gasteiger partial charge in [-0.15, -0.1) is 0 Å². The summed E-state index contributed by atoms with van der Waals surface area (Å²) in [5, 5.41) is 3.57. The fourth-order valence-electron chi connectivity index (χ4n) is 4.92. The van der Waals surface area contributed by atoms with Crippen molar-refractivity contribution in [1.29, 1.82) is 0 Å². The Morgan fingerprint density at radius 3 is 2.10 bits per heavy atom. The highest BCUT2D eigenvalue weighted by Gasteiger charge is 2.34. The van der Waals surface area contributed by atoms with Crippen molar-refractivity contribution in [3.63, 3.8) is 0 Å². The molecule has 4 rings (SSSR count). The molecule has 0 bridgehead atoms. The van der Waals surface area contributed by atoms with Gasteiger partial charge >= 0.3 is 0 Å². The highest BCUT2D eigenvalue weighted by Crippen LogP contribution is 2.26. The minimum atomic E-state index is -4.10. The third-order valence-electron chi connectivity index (χ3n) is 7.01. The Morgan fingerprint density at radius 2 is 1.51 bits per heavy atom. The maximum atomic E-state index is 14.0. The second-order valence-corrected chi connectivity index (χ2v) is 12.0. The van der Waals surface area contributed by atoms with E-state index in [1.54, 1.807) is 42.5 Å². The van der Waals surface area contributed by atoms with Crippen LogP contribution in [0.25, 0.3) is 0 Å². The summed E-state index contributed by atoms with van der Waals surface area (Å²) in [6, 6.07) is 23.1. The largest absolute Gasteiger partial charge is 0.352 e. The summed E-state index contributed by atoms with van der Waals surface area (Å²) in [6.07, 6.45) is 4.38. The number of nitrogens with zero attached hydrogens (tertiary/aromatic N) is 2. The molecule has 206 valence electrons. The van der Waals surface area contributed by atoms with Gasteiger partial charge in [-0.25, -0.2) is 8.42 Å². The predicted octanol–water partition coefficient (Wildman–Crippen LogP) is 5.40. The number of carbonyl (C=O) groups is 2. The Kier molecular flexibility index (Phi) is 9.64. The van der Waals surface area contributed by atoms with E-state index in [4.69, 9.17) is 11.6 Å². The molecule has 0 aliphatic heterocycles. The van der Waals surface area contributed by atoms with Crippen LogP contribution >= 0.6 is 11.6 Å². The van der Waals surface area contributed by atoms with Gasteiger partial charge in [0.1, 0.15) is 12.6 Å². The summed E-state index contributed by atoms with van der Waals surface area (Å²) in [5.41, 5.74) is 1.15. The molecule has 1 atom stereocenters. The van der Waals surface area contributed by atoms with Crippen molar-refractivity contribution in [2.45, 2.75) is 62.6 Å². The number of sulfonamides is 1. The SMILES string of the molecule is CC[C@H](C(=O)NC1CCCC1)N(Cc1ccccc1)C(=O)CN(c1ccc(Cl)cc1)S(=O)(=O)c1ccccc1. The number of carbonyl (C=O) groups excluding carboxylic acids is 2. The Labute approximate surface area is 235 Å². The first-order chi connectivity index (χ1) is 18.8. The molecule has 0 saturated heterocycles. The molecule has 1 aliphatic carbocycles. The average Bonchev–Trinajstić information content (AvgIpc) is 3.46. The lowest BCUT2D eigenvalue weighted by Crippen LogP contribution is -2.53. The van der Waals surface area contributed by atoms with Gasteiger partial charge in [-0.2, -0.15) is 0 Å². The maximum absolute atomic E-state index is 14.0. The molecule has 3 aromatic carbocycles. The van der Waals surface area contributed by atoms with Gasteiger partial charge in [-0.3, -0.25) is 13.9 Å². The molecule has 1 fully saturated rings. The zero-order chi connectivity index (χ0) is 27.8. The van der Waals surface area contributed by atoms with E-state index >= 15 is 0 Å². The number of anilines is 1. The van der Waals surface area contributed by atoms with E-state index < -0.39 is 28.5 Å². The summed E-state index contributed by atoms with van der Waals surface area (Å²) in [5.74, 6) is -0.681. The van der Waals surface area contributed by atoms with E-state index in [1.807, 2.05) is 37.3 Å². The normalized spacial score (nSPS) is 14.5. The third-order valence-corrected chi connectivity index (χ3v) is 9.05. The second-order valence-electron chi connectivity index (χ2n) is 9.72. The fourth-order valence-corrected chi connectivity index (χ4v) is 6.48. The number of hydrogen-bond donors (Lipinski definition) is 1. The number of nitrogens with one attached hydrogen (secondary N) is 1. The van der Waals surface area contributed by atoms with Crippen LogP contribution in [0.3, 0.4) is 0 Å². The van der Waals surface area contributed by atoms with Gasteiger partial charge in [0, 0.05) is 17.6 Å². The molecular weight excluding hydrogens is 534 g/mol. The average molecular weight is 568 g/mol. The van der Waals surface area contributed by atoms with Gasteiger partial charge in [0.25, 0.3) is 10.0 Å². The van der Waals surface area contributed by atoms with Gasteiger partial charge in [-0.05, 0) is 61.2 Å². The van der Waals surface area contributed by atoms with Crippen molar-refractivity contribution in [3.05, 3.63) is 95.5 Å². The smallest absolute Gasteiger partial charge is 0.264 e. The second kappa shape index (κ2) is 13.1. The van der Waals surface area contributed by atoms with E-state index in [0.29, 0.717) is 17.1 Å². The lowest BCUT2D eigenvalue weighted by molar-refractivity contribution is -0.140. The summed E-state index contributed by atoms with van der Waals surface area (Å²) in [6.45, 7) is 1.57. The third kappa shape index (κ3) is 7.19. The van der Waals surface area contributed by atoms with Gasteiger partial charge in [0.05, 0.1) is 10.6 Å².